The minimum absolute atomic E-state index is 0.187. The topological polar surface area (TPSA) is 86.0 Å². The number of nitrogens with one attached hydrogen (secondary N) is 1. The van der Waals surface area contributed by atoms with Crippen molar-refractivity contribution < 1.29 is 4.79 Å². The summed E-state index contributed by atoms with van der Waals surface area (Å²) in [5.74, 6) is -0.300. The summed E-state index contributed by atoms with van der Waals surface area (Å²) in [6.45, 7) is 2.40. The first-order valence-electron chi connectivity index (χ1n) is 11.4. The first kappa shape index (κ1) is 22.7. The van der Waals surface area contributed by atoms with Crippen molar-refractivity contribution in [2.45, 2.75) is 33.0 Å². The fraction of sp³-hybridized carbons (Fsp3) is 0.185. The Hall–Kier alpha value is -4.04. The van der Waals surface area contributed by atoms with E-state index < -0.39 is 5.69 Å². The van der Waals surface area contributed by atoms with Gasteiger partial charge < -0.3 is 5.32 Å². The molecule has 3 aromatic heterocycles. The van der Waals surface area contributed by atoms with Crippen LogP contribution in [0.3, 0.4) is 0 Å². The molecule has 0 fully saturated rings. The summed E-state index contributed by atoms with van der Waals surface area (Å²) in [5, 5.41) is 3.59. The van der Waals surface area contributed by atoms with Crippen LogP contribution in [0.2, 0.25) is 0 Å². The molecule has 1 N–H and O–H groups in total. The number of benzene rings is 2. The Morgan fingerprint density at radius 3 is 2.49 bits per heavy atom. The monoisotopic (exact) mass is 484 g/mol. The third-order valence-electron chi connectivity index (χ3n) is 5.99. The summed E-state index contributed by atoms with van der Waals surface area (Å²) in [7, 11) is 0. The van der Waals surface area contributed by atoms with Crippen LogP contribution in [0.15, 0.2) is 82.5 Å². The van der Waals surface area contributed by atoms with Gasteiger partial charge in [0.1, 0.15) is 16.1 Å². The van der Waals surface area contributed by atoms with Crippen LogP contribution in [0.4, 0.5) is 0 Å². The SMILES string of the molecule is Cc1ccc(CNC(=O)Cn2c(=O)n(CCc3ccccc3)c(=O)c3sc4ncccc4c32)cc1. The van der Waals surface area contributed by atoms with Crippen molar-refractivity contribution >= 4 is 37.7 Å². The average molecular weight is 485 g/mol. The van der Waals surface area contributed by atoms with Gasteiger partial charge in [-0.2, -0.15) is 0 Å². The Labute approximate surface area is 205 Å². The molecule has 176 valence electrons. The molecule has 0 aliphatic carbocycles. The zero-order valence-electron chi connectivity index (χ0n) is 19.2. The van der Waals surface area contributed by atoms with Crippen LogP contribution in [0, 0.1) is 6.92 Å². The third-order valence-corrected chi connectivity index (χ3v) is 7.08. The van der Waals surface area contributed by atoms with Crippen molar-refractivity contribution in [1.82, 2.24) is 19.4 Å². The molecule has 1 amide bonds. The van der Waals surface area contributed by atoms with Gasteiger partial charge in [-0.25, -0.2) is 9.78 Å². The average Bonchev–Trinajstić information content (AvgIpc) is 3.27. The number of hydrogen-bond acceptors (Lipinski definition) is 5. The van der Waals surface area contributed by atoms with E-state index in [1.54, 1.807) is 12.3 Å². The lowest BCUT2D eigenvalue weighted by Crippen LogP contribution is -2.42. The van der Waals surface area contributed by atoms with Crippen LogP contribution >= 0.6 is 11.3 Å². The van der Waals surface area contributed by atoms with E-state index in [0.29, 0.717) is 33.4 Å². The minimum atomic E-state index is -0.493. The lowest BCUT2D eigenvalue weighted by molar-refractivity contribution is -0.121. The van der Waals surface area contributed by atoms with Crippen molar-refractivity contribution in [3.05, 3.63) is 110 Å². The number of thiophene rings is 1. The first-order valence-corrected chi connectivity index (χ1v) is 12.2. The normalized spacial score (nSPS) is 11.2. The Balaban J connectivity index is 1.52. The lowest BCUT2D eigenvalue weighted by Gasteiger charge is -2.13. The van der Waals surface area contributed by atoms with Crippen molar-refractivity contribution in [1.29, 1.82) is 0 Å². The molecule has 0 saturated heterocycles. The van der Waals surface area contributed by atoms with E-state index in [9.17, 15) is 14.4 Å². The molecule has 3 heterocycles. The van der Waals surface area contributed by atoms with E-state index >= 15 is 0 Å². The van der Waals surface area contributed by atoms with Gasteiger partial charge in [0.05, 0.1) is 5.52 Å². The highest BCUT2D eigenvalue weighted by atomic mass is 32.1. The molecule has 8 heteroatoms. The number of hydrogen-bond donors (Lipinski definition) is 1. The molecule has 5 rings (SSSR count). The lowest BCUT2D eigenvalue weighted by atomic mass is 10.1. The van der Waals surface area contributed by atoms with Crippen LogP contribution in [0.25, 0.3) is 20.4 Å². The number of rotatable bonds is 7. The molecular formula is C27H24N4O3S. The Morgan fingerprint density at radius 1 is 0.943 bits per heavy atom. The van der Waals surface area contributed by atoms with E-state index in [4.69, 9.17) is 0 Å². The number of aromatic nitrogens is 3. The van der Waals surface area contributed by atoms with Crippen molar-refractivity contribution in [2.24, 2.45) is 0 Å². The molecule has 0 spiro atoms. The van der Waals surface area contributed by atoms with Crippen LogP contribution in [-0.2, 0) is 30.8 Å². The van der Waals surface area contributed by atoms with Gasteiger partial charge in [-0.3, -0.25) is 18.7 Å². The zero-order chi connectivity index (χ0) is 24.4. The van der Waals surface area contributed by atoms with Crippen molar-refractivity contribution in [2.75, 3.05) is 0 Å². The zero-order valence-corrected chi connectivity index (χ0v) is 20.0. The molecule has 0 aliphatic heterocycles. The van der Waals surface area contributed by atoms with Crippen molar-refractivity contribution in [3.8, 4) is 0 Å². The number of carbonyl (C=O) groups excluding carboxylic acids is 1. The molecule has 0 unspecified atom stereocenters. The van der Waals surface area contributed by atoms with Gasteiger partial charge in [0.15, 0.2) is 0 Å². The summed E-state index contributed by atoms with van der Waals surface area (Å²) in [4.78, 5) is 44.8. The van der Waals surface area contributed by atoms with Gasteiger partial charge in [0.2, 0.25) is 5.91 Å². The standard InChI is InChI=1S/C27H24N4O3S/c1-18-9-11-20(12-10-18)16-29-22(32)17-31-23-21-8-5-14-28-25(21)35-24(23)26(33)30(27(31)34)15-13-19-6-3-2-4-7-19/h2-12,14H,13,15-17H2,1H3,(H,29,32). The highest BCUT2D eigenvalue weighted by molar-refractivity contribution is 7.25. The molecule has 7 nitrogen and oxygen atoms in total. The van der Waals surface area contributed by atoms with Gasteiger partial charge in [0.25, 0.3) is 5.56 Å². The molecule has 0 bridgehead atoms. The summed E-state index contributed by atoms with van der Waals surface area (Å²) in [6, 6.07) is 21.2. The molecular weight excluding hydrogens is 460 g/mol. The van der Waals surface area contributed by atoms with Gasteiger partial charge in [0, 0.05) is 24.7 Å². The second-order valence-electron chi connectivity index (χ2n) is 8.46. The maximum Gasteiger partial charge on any atom is 0.332 e. The molecule has 0 aliphatic rings. The Bertz CT molecular complexity index is 1630. The van der Waals surface area contributed by atoms with E-state index in [2.05, 4.69) is 10.3 Å². The van der Waals surface area contributed by atoms with Crippen LogP contribution < -0.4 is 16.6 Å². The predicted octanol–water partition coefficient (Wildman–Crippen LogP) is 3.64. The first-order chi connectivity index (χ1) is 17.0. The van der Waals surface area contributed by atoms with Crippen LogP contribution in [-0.4, -0.2) is 20.0 Å². The maximum atomic E-state index is 13.5. The fourth-order valence-corrected chi connectivity index (χ4v) is 5.21. The summed E-state index contributed by atoms with van der Waals surface area (Å²) >= 11 is 1.25. The quantitative estimate of drug-likeness (QED) is 0.382. The molecule has 0 saturated carbocycles. The number of fused-ring (bicyclic) bond motifs is 3. The summed E-state index contributed by atoms with van der Waals surface area (Å²) < 4.78 is 3.07. The molecule has 35 heavy (non-hydrogen) atoms. The smallest absolute Gasteiger partial charge is 0.332 e. The summed E-state index contributed by atoms with van der Waals surface area (Å²) in [6.07, 6.45) is 2.19. The fourth-order valence-electron chi connectivity index (χ4n) is 4.12. The largest absolute Gasteiger partial charge is 0.350 e. The molecule has 0 atom stereocenters. The minimum Gasteiger partial charge on any atom is -0.350 e. The summed E-state index contributed by atoms with van der Waals surface area (Å²) in [5.41, 5.74) is 2.77. The van der Waals surface area contributed by atoms with Gasteiger partial charge in [-0.05, 0) is 36.6 Å². The van der Waals surface area contributed by atoms with Crippen molar-refractivity contribution in [3.63, 3.8) is 0 Å². The van der Waals surface area contributed by atoms with Gasteiger partial charge >= 0.3 is 5.69 Å². The number of aryl methyl sites for hydroxylation is 2. The maximum absolute atomic E-state index is 13.5. The number of nitrogens with zero attached hydrogens (tertiary/aromatic N) is 3. The van der Waals surface area contributed by atoms with E-state index in [-0.39, 0.29) is 24.6 Å². The predicted molar refractivity (Wildman–Crippen MR) is 139 cm³/mol. The molecule has 2 aromatic carbocycles. The van der Waals surface area contributed by atoms with E-state index in [1.165, 1.54) is 20.5 Å². The van der Waals surface area contributed by atoms with Crippen LogP contribution in [0.5, 0.6) is 0 Å². The third kappa shape index (κ3) is 4.65. The second kappa shape index (κ2) is 9.68. The van der Waals surface area contributed by atoms with Gasteiger partial charge in [-0.1, -0.05) is 60.2 Å². The van der Waals surface area contributed by atoms with E-state index in [0.717, 1.165) is 16.7 Å². The number of pyridine rings is 1. The number of carbonyl (C=O) groups is 1. The second-order valence-corrected chi connectivity index (χ2v) is 9.46. The molecule has 0 radical (unpaired) electrons. The number of amides is 1. The Kier molecular flexibility index (Phi) is 6.29. The highest BCUT2D eigenvalue weighted by Gasteiger charge is 2.20. The van der Waals surface area contributed by atoms with E-state index in [1.807, 2.05) is 67.6 Å². The highest BCUT2D eigenvalue weighted by Crippen LogP contribution is 2.29. The van der Waals surface area contributed by atoms with Crippen LogP contribution in [0.1, 0.15) is 16.7 Å². The Morgan fingerprint density at radius 2 is 1.71 bits per heavy atom. The molecule has 5 aromatic rings. The van der Waals surface area contributed by atoms with Gasteiger partial charge in [-0.15, -0.1) is 11.3 Å².